The minimum absolute atomic E-state index is 0.282. The lowest BCUT2D eigenvalue weighted by molar-refractivity contribution is -0.121. The van der Waals surface area contributed by atoms with Crippen LogP contribution in [0.25, 0.3) is 0 Å². The minimum atomic E-state index is -0.684. The van der Waals surface area contributed by atoms with E-state index in [9.17, 15) is 9.90 Å². The molecule has 4 heteroatoms. The first-order valence-electron chi connectivity index (χ1n) is 13.4. The molecule has 0 heterocycles. The maximum atomic E-state index is 12.4. The fraction of sp³-hybridized carbons (Fsp3) is 0.963. The van der Waals surface area contributed by atoms with Gasteiger partial charge in [0.1, 0.15) is 3.55 Å². The molecular formula is C27H54INO2. The molecule has 0 aromatic heterocycles. The highest BCUT2D eigenvalue weighted by molar-refractivity contribution is 14.1. The Balaban J connectivity index is 3.41. The summed E-state index contributed by atoms with van der Waals surface area (Å²) >= 11 is 2.21. The number of alkyl halides is 1. The van der Waals surface area contributed by atoms with Crippen LogP contribution in [0.1, 0.15) is 150 Å². The molecule has 186 valence electrons. The van der Waals surface area contributed by atoms with Crippen LogP contribution in [0.15, 0.2) is 0 Å². The molecule has 0 rings (SSSR count). The van der Waals surface area contributed by atoms with Crippen molar-refractivity contribution in [3.05, 3.63) is 0 Å². The molecule has 0 saturated carbocycles. The summed E-state index contributed by atoms with van der Waals surface area (Å²) in [6, 6.07) is 0. The predicted octanol–water partition coefficient (Wildman–Crippen LogP) is 8.50. The maximum absolute atomic E-state index is 12.4. The number of unbranched alkanes of at least 4 members (excludes halogenated alkanes) is 16. The molecule has 3 nitrogen and oxygen atoms in total. The normalized spacial score (nSPS) is 14.0. The summed E-state index contributed by atoms with van der Waals surface area (Å²) in [6.07, 6.45) is 24.4. The Morgan fingerprint density at radius 3 is 1.42 bits per heavy atom. The molecule has 0 aromatic rings. The van der Waals surface area contributed by atoms with Gasteiger partial charge in [-0.05, 0) is 40.2 Å². The molecule has 0 fully saturated rings. The number of hydrogen-bond acceptors (Lipinski definition) is 3. The second kappa shape index (κ2) is 19.8. The van der Waals surface area contributed by atoms with E-state index in [4.69, 9.17) is 0 Å². The average Bonchev–Trinajstić information content (AvgIpc) is 2.69. The monoisotopic (exact) mass is 551 g/mol. The minimum Gasteiger partial charge on any atom is -0.390 e. The Bertz CT molecular complexity index is 418. The van der Waals surface area contributed by atoms with E-state index in [-0.39, 0.29) is 5.78 Å². The molecular weight excluding hydrogens is 497 g/mol. The Morgan fingerprint density at radius 2 is 1.06 bits per heavy atom. The fourth-order valence-electron chi connectivity index (χ4n) is 3.95. The number of rotatable bonds is 23. The van der Waals surface area contributed by atoms with Crippen LogP contribution in [-0.4, -0.2) is 26.6 Å². The third-order valence-electron chi connectivity index (χ3n) is 6.22. The van der Waals surface area contributed by atoms with Crippen LogP contribution < -0.4 is 5.32 Å². The number of Topliss-reactive ketones (excluding diaryl/α,β-unsaturated/α-hetero) is 1. The summed E-state index contributed by atoms with van der Waals surface area (Å²) in [5, 5.41) is 13.1. The molecule has 0 bridgehead atoms. The van der Waals surface area contributed by atoms with Gasteiger partial charge in [0.15, 0.2) is 5.78 Å². The van der Waals surface area contributed by atoms with Crippen molar-refractivity contribution in [1.29, 1.82) is 0 Å². The third-order valence-corrected chi connectivity index (χ3v) is 7.21. The highest BCUT2D eigenvalue weighted by Gasteiger charge is 2.28. The highest BCUT2D eigenvalue weighted by atomic mass is 127. The lowest BCUT2D eigenvalue weighted by Crippen LogP contribution is -2.45. The van der Waals surface area contributed by atoms with Crippen molar-refractivity contribution in [2.75, 3.05) is 6.54 Å². The summed E-state index contributed by atoms with van der Waals surface area (Å²) in [6.45, 7) is 8.50. The smallest absolute Gasteiger partial charge is 0.162 e. The van der Waals surface area contributed by atoms with Crippen molar-refractivity contribution in [2.45, 2.75) is 159 Å². The second-order valence-corrected chi connectivity index (χ2v) is 12.5. The van der Waals surface area contributed by atoms with Gasteiger partial charge in [0.2, 0.25) is 0 Å². The summed E-state index contributed by atoms with van der Waals surface area (Å²) in [5.74, 6) is 0.282. The van der Waals surface area contributed by atoms with E-state index >= 15 is 0 Å². The highest BCUT2D eigenvalue weighted by Crippen LogP contribution is 2.21. The molecule has 0 aromatic carbocycles. The van der Waals surface area contributed by atoms with Gasteiger partial charge in [-0.3, -0.25) is 10.1 Å². The Hall–Kier alpha value is 0.320. The van der Waals surface area contributed by atoms with Crippen LogP contribution in [0, 0.1) is 0 Å². The molecule has 1 atom stereocenters. The van der Waals surface area contributed by atoms with Crippen LogP contribution in [0.4, 0.5) is 0 Å². The fourth-order valence-corrected chi connectivity index (χ4v) is 4.49. The zero-order valence-corrected chi connectivity index (χ0v) is 23.5. The molecule has 0 saturated heterocycles. The molecule has 0 aliphatic rings. The van der Waals surface area contributed by atoms with Crippen molar-refractivity contribution in [3.8, 4) is 0 Å². The zero-order chi connectivity index (χ0) is 23.4. The topological polar surface area (TPSA) is 49.3 Å². The van der Waals surface area contributed by atoms with E-state index < -0.39 is 9.15 Å². The first-order chi connectivity index (χ1) is 14.7. The Labute approximate surface area is 208 Å². The van der Waals surface area contributed by atoms with Crippen LogP contribution in [-0.2, 0) is 4.79 Å². The van der Waals surface area contributed by atoms with E-state index in [2.05, 4.69) is 34.8 Å². The van der Waals surface area contributed by atoms with Crippen LogP contribution in [0.2, 0.25) is 0 Å². The van der Waals surface area contributed by atoms with Gasteiger partial charge in [0, 0.05) is 6.42 Å². The van der Waals surface area contributed by atoms with Crippen LogP contribution >= 0.6 is 22.6 Å². The number of nitrogens with one attached hydrogen (secondary N) is 1. The zero-order valence-electron chi connectivity index (χ0n) is 21.4. The largest absolute Gasteiger partial charge is 0.390 e. The van der Waals surface area contributed by atoms with Gasteiger partial charge in [-0.2, -0.15) is 0 Å². The van der Waals surface area contributed by atoms with Crippen LogP contribution in [0.3, 0.4) is 0 Å². The third kappa shape index (κ3) is 21.9. The standard InChI is InChI=1S/C27H54INO2/c1-5-6-7-8-9-10-11-12-13-14-15-16-17-18-19-20-21-22-25(30)27(4,28)29-24-23-26(2,3)31/h29,31H,5-24H2,1-4H3. The first-order valence-corrected chi connectivity index (χ1v) is 14.5. The van der Waals surface area contributed by atoms with Gasteiger partial charge < -0.3 is 5.11 Å². The molecule has 0 amide bonds. The van der Waals surface area contributed by atoms with Gasteiger partial charge in [0.25, 0.3) is 0 Å². The van der Waals surface area contributed by atoms with Gasteiger partial charge in [-0.25, -0.2) is 0 Å². The SMILES string of the molecule is CCCCCCCCCCCCCCCCCCCC(=O)C(C)(I)NCCC(C)(C)O. The van der Waals surface area contributed by atoms with Gasteiger partial charge in [0.05, 0.1) is 5.60 Å². The summed E-state index contributed by atoms with van der Waals surface area (Å²) in [7, 11) is 0. The molecule has 2 N–H and O–H groups in total. The molecule has 0 aliphatic carbocycles. The number of hydrogen-bond donors (Lipinski definition) is 2. The molecule has 0 radical (unpaired) electrons. The average molecular weight is 552 g/mol. The van der Waals surface area contributed by atoms with E-state index in [0.29, 0.717) is 19.4 Å². The van der Waals surface area contributed by atoms with Crippen molar-refractivity contribution in [2.24, 2.45) is 0 Å². The van der Waals surface area contributed by atoms with E-state index in [1.165, 1.54) is 103 Å². The lowest BCUT2D eigenvalue weighted by atomic mass is 10.0. The molecule has 1 unspecified atom stereocenters. The van der Waals surface area contributed by atoms with E-state index in [1.54, 1.807) is 13.8 Å². The summed E-state index contributed by atoms with van der Waals surface area (Å²) in [5.41, 5.74) is -0.684. The number of ketones is 1. The number of aliphatic hydroxyl groups is 1. The van der Waals surface area contributed by atoms with E-state index in [1.807, 2.05) is 6.92 Å². The quantitative estimate of drug-likeness (QED) is 0.0579. The Morgan fingerprint density at radius 1 is 0.710 bits per heavy atom. The first kappa shape index (κ1) is 31.3. The molecule has 31 heavy (non-hydrogen) atoms. The van der Waals surface area contributed by atoms with Crippen molar-refractivity contribution < 1.29 is 9.90 Å². The maximum Gasteiger partial charge on any atom is 0.162 e. The molecule has 0 aliphatic heterocycles. The number of carbonyl (C=O) groups is 1. The lowest BCUT2D eigenvalue weighted by Gasteiger charge is -2.25. The van der Waals surface area contributed by atoms with Crippen LogP contribution in [0.5, 0.6) is 0 Å². The Kier molecular flexibility index (Phi) is 20.0. The number of carbonyl (C=O) groups excluding carboxylic acids is 1. The number of halogens is 1. The second-order valence-electron chi connectivity index (χ2n) is 10.3. The molecule has 0 spiro atoms. The predicted molar refractivity (Wildman–Crippen MR) is 145 cm³/mol. The van der Waals surface area contributed by atoms with Crippen molar-refractivity contribution in [3.63, 3.8) is 0 Å². The van der Waals surface area contributed by atoms with Crippen molar-refractivity contribution >= 4 is 28.4 Å². The van der Waals surface area contributed by atoms with Crippen molar-refractivity contribution in [1.82, 2.24) is 5.32 Å². The van der Waals surface area contributed by atoms with Gasteiger partial charge >= 0.3 is 0 Å². The summed E-state index contributed by atoms with van der Waals surface area (Å²) < 4.78 is -0.516. The van der Waals surface area contributed by atoms with Gasteiger partial charge in [-0.15, -0.1) is 0 Å². The van der Waals surface area contributed by atoms with Gasteiger partial charge in [-0.1, -0.05) is 132 Å². The summed E-state index contributed by atoms with van der Waals surface area (Å²) in [4.78, 5) is 12.4. The van der Waals surface area contributed by atoms with E-state index in [0.717, 1.165) is 6.42 Å².